The Hall–Kier alpha value is -4.82. The first-order chi connectivity index (χ1) is 25.6. The molecular weight excluding hydrogens is 721 g/mol. The Morgan fingerprint density at radius 3 is 2.43 bits per heavy atom. The van der Waals surface area contributed by atoms with E-state index in [1.54, 1.807) is 56.8 Å². The lowest BCUT2D eigenvalue weighted by molar-refractivity contribution is -0.141. The highest BCUT2D eigenvalue weighted by atomic mass is 35.5. The topological polar surface area (TPSA) is 159 Å². The second kappa shape index (κ2) is 16.9. The van der Waals surface area contributed by atoms with Crippen LogP contribution in [-0.2, 0) is 22.7 Å². The lowest BCUT2D eigenvalue weighted by Crippen LogP contribution is -2.44. The minimum absolute atomic E-state index is 0.107. The molecule has 2 saturated heterocycles. The Morgan fingerprint density at radius 1 is 0.943 bits per heavy atom. The quantitative estimate of drug-likeness (QED) is 0.161. The normalized spacial score (nSPS) is 16.4. The minimum atomic E-state index is -0.801. The van der Waals surface area contributed by atoms with Crippen molar-refractivity contribution < 1.29 is 29.0 Å². The number of rotatable bonds is 12. The molecule has 5 heterocycles. The lowest BCUT2D eigenvalue weighted by atomic mass is 10.0. The number of aromatic nitrogens is 3. The molecule has 0 aliphatic carbocycles. The smallest absolute Gasteiger partial charge is 0.307 e. The summed E-state index contributed by atoms with van der Waals surface area (Å²) in [6, 6.07) is 12.6. The fraction of sp³-hybridized carbons (Fsp3) is 0.368. The third-order valence-electron chi connectivity index (χ3n) is 9.73. The average Bonchev–Trinajstić information content (AvgIpc) is 3.64. The molecule has 4 aromatic rings. The first-order valence-corrected chi connectivity index (χ1v) is 18.1. The highest BCUT2D eigenvalue weighted by Gasteiger charge is 2.29. The van der Waals surface area contributed by atoms with Gasteiger partial charge < -0.3 is 30.1 Å². The summed E-state index contributed by atoms with van der Waals surface area (Å²) in [6.07, 6.45) is 5.54. The van der Waals surface area contributed by atoms with E-state index in [0.29, 0.717) is 83.5 Å². The van der Waals surface area contributed by atoms with Gasteiger partial charge in [-0.05, 0) is 44.0 Å². The number of likely N-dealkylation sites (tertiary alicyclic amines) is 2. The fourth-order valence-corrected chi connectivity index (χ4v) is 7.30. The number of nitrogens with zero attached hydrogens (tertiary/aromatic N) is 5. The van der Waals surface area contributed by atoms with E-state index in [0.717, 1.165) is 37.1 Å². The summed E-state index contributed by atoms with van der Waals surface area (Å²) in [6.45, 7) is 5.19. The van der Waals surface area contributed by atoms with Gasteiger partial charge >= 0.3 is 5.97 Å². The lowest BCUT2D eigenvalue weighted by Gasteiger charge is -2.31. The third-order valence-corrected chi connectivity index (χ3v) is 10.5. The van der Waals surface area contributed by atoms with Crippen molar-refractivity contribution in [3.8, 4) is 34.1 Å². The molecule has 15 heteroatoms. The Kier molecular flexibility index (Phi) is 12.1. The zero-order valence-corrected chi connectivity index (χ0v) is 31.2. The Morgan fingerprint density at radius 2 is 1.74 bits per heavy atom. The molecule has 0 saturated carbocycles. The number of carboxylic acids is 1. The highest BCUT2D eigenvalue weighted by Crippen LogP contribution is 2.40. The van der Waals surface area contributed by atoms with Crippen LogP contribution in [0.15, 0.2) is 54.9 Å². The van der Waals surface area contributed by atoms with Crippen LogP contribution >= 0.6 is 23.2 Å². The van der Waals surface area contributed by atoms with Gasteiger partial charge in [-0.3, -0.25) is 29.3 Å². The number of carboxylic acid groups (broad SMARTS) is 1. The standard InChI is InChI=1S/C38H41Cl2N7O6/c1-22(48)47-15-11-26(12-16-47)42-18-23-7-8-29(45-37(23)53-3)27-9-13-41-35(34(27)40)28-5-4-6-30(33(28)39)44-36(49)31-17-32(52-2)25(19-43-31)21-46-14-10-24(20-46)38(50)51/h4-9,13,17,19,24,26,42H,10-12,14-16,18,20-21H2,1-3H3,(H,44,49)(H,50,51)/t24-/m1/s1. The van der Waals surface area contributed by atoms with Crippen molar-refractivity contribution in [2.24, 2.45) is 5.92 Å². The van der Waals surface area contributed by atoms with Crippen LogP contribution in [-0.4, -0.2) is 94.1 Å². The van der Waals surface area contributed by atoms with E-state index in [4.69, 9.17) is 37.7 Å². The molecule has 3 aromatic heterocycles. The molecule has 0 radical (unpaired) electrons. The van der Waals surface area contributed by atoms with Gasteiger partial charge in [0, 0.05) is 86.4 Å². The molecule has 2 amide bonds. The van der Waals surface area contributed by atoms with Crippen LogP contribution in [0.5, 0.6) is 11.6 Å². The average molecular weight is 763 g/mol. The summed E-state index contributed by atoms with van der Waals surface area (Å²) in [4.78, 5) is 54.0. The van der Waals surface area contributed by atoms with Crippen LogP contribution in [0.2, 0.25) is 10.0 Å². The molecule has 6 rings (SSSR count). The molecule has 278 valence electrons. The number of piperidine rings is 1. The SMILES string of the molecule is COc1cc(C(=O)Nc2cccc(-c3nccc(-c4ccc(CNC5CCN(C(C)=O)CC5)c(OC)n4)c3Cl)c2Cl)ncc1CN1CC[C@@H](C(=O)O)C1. The van der Waals surface area contributed by atoms with Crippen LogP contribution < -0.4 is 20.1 Å². The van der Waals surface area contributed by atoms with E-state index in [2.05, 4.69) is 20.6 Å². The van der Waals surface area contributed by atoms with Crippen molar-refractivity contribution in [2.75, 3.05) is 45.7 Å². The van der Waals surface area contributed by atoms with Crippen LogP contribution in [0.3, 0.4) is 0 Å². The number of methoxy groups -OCH3 is 2. The minimum Gasteiger partial charge on any atom is -0.496 e. The van der Waals surface area contributed by atoms with Gasteiger partial charge in [-0.25, -0.2) is 4.98 Å². The fourth-order valence-electron chi connectivity index (χ4n) is 6.73. The molecule has 2 fully saturated rings. The van der Waals surface area contributed by atoms with Crippen molar-refractivity contribution in [2.45, 2.75) is 45.3 Å². The molecule has 13 nitrogen and oxygen atoms in total. The zero-order chi connectivity index (χ0) is 37.6. The van der Waals surface area contributed by atoms with Gasteiger partial charge in [0.1, 0.15) is 11.4 Å². The molecule has 0 spiro atoms. The second-order valence-electron chi connectivity index (χ2n) is 13.1. The number of carbonyl (C=O) groups is 3. The van der Waals surface area contributed by atoms with Gasteiger partial charge in [0.05, 0.1) is 47.3 Å². The zero-order valence-electron chi connectivity index (χ0n) is 29.7. The Bertz CT molecular complexity index is 2010. The van der Waals surface area contributed by atoms with Gasteiger partial charge in [-0.2, -0.15) is 0 Å². The molecular formula is C38H41Cl2N7O6. The first kappa shape index (κ1) is 37.9. The maximum absolute atomic E-state index is 13.4. The summed E-state index contributed by atoms with van der Waals surface area (Å²) in [5.74, 6) is -0.656. The first-order valence-electron chi connectivity index (χ1n) is 17.3. The number of ether oxygens (including phenoxy) is 2. The van der Waals surface area contributed by atoms with E-state index in [9.17, 15) is 19.5 Å². The van der Waals surface area contributed by atoms with E-state index >= 15 is 0 Å². The van der Waals surface area contributed by atoms with Crippen LogP contribution in [0.4, 0.5) is 5.69 Å². The monoisotopic (exact) mass is 761 g/mol. The van der Waals surface area contributed by atoms with Crippen molar-refractivity contribution in [3.63, 3.8) is 0 Å². The predicted molar refractivity (Wildman–Crippen MR) is 201 cm³/mol. The number of hydrogen-bond donors (Lipinski definition) is 3. The van der Waals surface area contributed by atoms with Crippen molar-refractivity contribution >= 4 is 46.7 Å². The number of carbonyl (C=O) groups excluding carboxylic acids is 2. The Labute approximate surface area is 317 Å². The Balaban J connectivity index is 1.16. The van der Waals surface area contributed by atoms with Gasteiger partial charge in [0.15, 0.2) is 0 Å². The number of hydrogen-bond acceptors (Lipinski definition) is 10. The largest absolute Gasteiger partial charge is 0.496 e. The summed E-state index contributed by atoms with van der Waals surface area (Å²) >= 11 is 13.9. The molecule has 1 aromatic carbocycles. The van der Waals surface area contributed by atoms with Crippen molar-refractivity contribution in [3.05, 3.63) is 81.7 Å². The van der Waals surface area contributed by atoms with Gasteiger partial charge in [-0.15, -0.1) is 0 Å². The molecule has 53 heavy (non-hydrogen) atoms. The number of pyridine rings is 3. The van der Waals surface area contributed by atoms with E-state index < -0.39 is 17.8 Å². The molecule has 0 unspecified atom stereocenters. The van der Waals surface area contributed by atoms with E-state index in [-0.39, 0.29) is 16.6 Å². The van der Waals surface area contributed by atoms with Gasteiger partial charge in [0.25, 0.3) is 5.91 Å². The number of anilines is 1. The number of halogens is 2. The van der Waals surface area contributed by atoms with Crippen LogP contribution in [0.1, 0.15) is 47.8 Å². The number of nitrogens with one attached hydrogen (secondary N) is 2. The van der Waals surface area contributed by atoms with Crippen molar-refractivity contribution in [1.82, 2.24) is 30.1 Å². The maximum Gasteiger partial charge on any atom is 0.307 e. The number of amides is 2. The predicted octanol–water partition coefficient (Wildman–Crippen LogP) is 5.79. The van der Waals surface area contributed by atoms with E-state index in [1.165, 1.54) is 7.11 Å². The summed E-state index contributed by atoms with van der Waals surface area (Å²) in [7, 11) is 3.09. The number of aliphatic carboxylic acids is 1. The van der Waals surface area contributed by atoms with E-state index in [1.807, 2.05) is 21.9 Å². The molecule has 0 bridgehead atoms. The highest BCUT2D eigenvalue weighted by molar-refractivity contribution is 6.39. The second-order valence-corrected chi connectivity index (χ2v) is 13.9. The molecule has 2 aliphatic heterocycles. The third kappa shape index (κ3) is 8.71. The van der Waals surface area contributed by atoms with Crippen LogP contribution in [0, 0.1) is 5.92 Å². The van der Waals surface area contributed by atoms with Crippen molar-refractivity contribution in [1.29, 1.82) is 0 Å². The molecule has 2 aliphatic rings. The van der Waals surface area contributed by atoms with Gasteiger partial charge in [0.2, 0.25) is 11.8 Å². The number of benzene rings is 1. The molecule has 3 N–H and O–H groups in total. The van der Waals surface area contributed by atoms with Gasteiger partial charge in [-0.1, -0.05) is 41.4 Å². The maximum atomic E-state index is 13.4. The van der Waals surface area contributed by atoms with Crippen LogP contribution in [0.25, 0.3) is 22.5 Å². The summed E-state index contributed by atoms with van der Waals surface area (Å²) < 4.78 is 11.2. The molecule has 1 atom stereocenters. The summed E-state index contributed by atoms with van der Waals surface area (Å²) in [5.41, 5.74) is 4.22. The summed E-state index contributed by atoms with van der Waals surface area (Å²) in [5, 5.41) is 16.3.